The van der Waals surface area contributed by atoms with E-state index in [2.05, 4.69) is 15.2 Å². The van der Waals surface area contributed by atoms with Gasteiger partial charge in [-0.25, -0.2) is 9.55 Å². The lowest BCUT2D eigenvalue weighted by atomic mass is 10.1. The van der Waals surface area contributed by atoms with Gasteiger partial charge in [0.15, 0.2) is 5.78 Å². The number of rotatable bonds is 5. The van der Waals surface area contributed by atoms with Gasteiger partial charge < -0.3 is 15.1 Å². The van der Waals surface area contributed by atoms with Crippen LogP contribution in [0.1, 0.15) is 34.9 Å². The zero-order valence-corrected chi connectivity index (χ0v) is 19.7. The van der Waals surface area contributed by atoms with Crippen LogP contribution in [0.25, 0.3) is 10.9 Å². The monoisotopic (exact) mass is 475 g/mol. The van der Waals surface area contributed by atoms with Gasteiger partial charge >= 0.3 is 0 Å². The molecule has 0 radical (unpaired) electrons. The average Bonchev–Trinajstić information content (AvgIpc) is 3.19. The zero-order chi connectivity index (χ0) is 23.8. The zero-order valence-electron chi connectivity index (χ0n) is 18.9. The number of hydrogen-bond donors (Lipinski definition) is 1. The van der Waals surface area contributed by atoms with Crippen LogP contribution in [0.3, 0.4) is 0 Å². The number of nitrogens with zero attached hydrogens (tertiary/aromatic N) is 4. The van der Waals surface area contributed by atoms with Gasteiger partial charge in [-0.05, 0) is 62.0 Å². The molecule has 8 nitrogen and oxygen atoms in total. The molecule has 0 bridgehead atoms. The molecule has 174 valence electrons. The van der Waals surface area contributed by atoms with Gasteiger partial charge in [0.25, 0.3) is 5.91 Å². The third kappa shape index (κ3) is 4.07. The number of carbonyl (C=O) groups excluding carboxylic acids is 3. The van der Waals surface area contributed by atoms with Crippen LogP contribution in [0.4, 0.5) is 11.5 Å². The van der Waals surface area contributed by atoms with E-state index in [1.54, 1.807) is 6.92 Å². The largest absolute Gasteiger partial charge is 0.368 e. The fraction of sp³-hybridized carbons (Fsp3) is 0.320. The number of aromatic nitrogens is 2. The number of anilines is 2. The van der Waals surface area contributed by atoms with Crippen LogP contribution in [-0.4, -0.2) is 64.3 Å². The predicted molar refractivity (Wildman–Crippen MR) is 133 cm³/mol. The first-order valence-corrected chi connectivity index (χ1v) is 11.8. The number of benzene rings is 2. The van der Waals surface area contributed by atoms with Crippen molar-refractivity contribution in [1.29, 1.82) is 0 Å². The molecule has 3 heterocycles. The lowest BCUT2D eigenvalue weighted by Crippen LogP contribution is -2.49. The number of para-hydroxylation sites is 1. The summed E-state index contributed by atoms with van der Waals surface area (Å²) in [4.78, 5) is 45.7. The van der Waals surface area contributed by atoms with Crippen molar-refractivity contribution in [3.8, 4) is 0 Å². The van der Waals surface area contributed by atoms with E-state index in [4.69, 9.17) is 12.2 Å². The number of nitrogens with one attached hydrogen (secondary N) is 1. The maximum atomic E-state index is 13.0. The van der Waals surface area contributed by atoms with Gasteiger partial charge in [-0.3, -0.25) is 14.4 Å². The average molecular weight is 476 g/mol. The summed E-state index contributed by atoms with van der Waals surface area (Å²) in [5.74, 6) is 0.586. The number of fused-ring (bicyclic) bond motifs is 3. The fourth-order valence-corrected chi connectivity index (χ4v) is 4.89. The molecule has 1 atom stereocenters. The number of ketones is 1. The van der Waals surface area contributed by atoms with Crippen LogP contribution in [0.5, 0.6) is 0 Å². The first-order chi connectivity index (χ1) is 16.4. The quantitative estimate of drug-likeness (QED) is 0.446. The Labute approximate surface area is 202 Å². The Hall–Kier alpha value is -3.59. The van der Waals surface area contributed by atoms with Crippen molar-refractivity contribution in [2.45, 2.75) is 25.8 Å². The van der Waals surface area contributed by atoms with Crippen molar-refractivity contribution < 1.29 is 14.4 Å². The molecule has 5 rings (SSSR count). The second kappa shape index (κ2) is 8.98. The van der Waals surface area contributed by atoms with E-state index in [0.717, 1.165) is 29.7 Å². The van der Waals surface area contributed by atoms with Gasteiger partial charge in [0.05, 0.1) is 5.52 Å². The molecule has 0 aliphatic carbocycles. The first-order valence-electron chi connectivity index (χ1n) is 11.4. The van der Waals surface area contributed by atoms with E-state index in [0.29, 0.717) is 30.9 Å². The van der Waals surface area contributed by atoms with Crippen LogP contribution in [0, 0.1) is 4.77 Å². The molecule has 9 heteroatoms. The minimum atomic E-state index is -0.501. The fourth-order valence-electron chi connectivity index (χ4n) is 4.61. The van der Waals surface area contributed by atoms with Crippen LogP contribution < -0.4 is 10.2 Å². The van der Waals surface area contributed by atoms with Crippen molar-refractivity contribution >= 4 is 52.2 Å². The summed E-state index contributed by atoms with van der Waals surface area (Å²) in [6.07, 6.45) is 0.679. The third-order valence-electron chi connectivity index (χ3n) is 6.54. The maximum Gasteiger partial charge on any atom is 0.257 e. The highest BCUT2D eigenvalue weighted by Gasteiger charge is 2.32. The molecule has 34 heavy (non-hydrogen) atoms. The Balaban J connectivity index is 1.18. The van der Waals surface area contributed by atoms with Gasteiger partial charge in [-0.1, -0.05) is 12.1 Å². The summed E-state index contributed by atoms with van der Waals surface area (Å²) in [6, 6.07) is 14.6. The number of amides is 1. The van der Waals surface area contributed by atoms with E-state index < -0.39 is 6.04 Å². The highest BCUT2D eigenvalue weighted by molar-refractivity contribution is 7.71. The Bertz CT molecular complexity index is 1340. The van der Waals surface area contributed by atoms with E-state index in [-0.39, 0.29) is 28.8 Å². The van der Waals surface area contributed by atoms with Gasteiger partial charge in [0.2, 0.25) is 10.7 Å². The van der Waals surface area contributed by atoms with Crippen molar-refractivity contribution in [3.05, 3.63) is 58.9 Å². The molecule has 1 aromatic heterocycles. The molecule has 1 N–H and O–H groups in total. The van der Waals surface area contributed by atoms with Crippen molar-refractivity contribution in [2.75, 3.05) is 36.4 Å². The van der Waals surface area contributed by atoms with E-state index >= 15 is 0 Å². The predicted octanol–water partition coefficient (Wildman–Crippen LogP) is 3.53. The molecule has 0 spiro atoms. The summed E-state index contributed by atoms with van der Waals surface area (Å²) < 4.78 is 1.68. The molecular formula is C25H25N5O3S. The van der Waals surface area contributed by atoms with E-state index in [9.17, 15) is 14.4 Å². The number of piperazine rings is 1. The first kappa shape index (κ1) is 22.2. The Kier molecular flexibility index (Phi) is 5.87. The molecule has 1 amide bonds. The van der Waals surface area contributed by atoms with Gasteiger partial charge in [0.1, 0.15) is 11.9 Å². The Morgan fingerprint density at radius 3 is 2.47 bits per heavy atom. The van der Waals surface area contributed by atoms with Crippen molar-refractivity contribution in [1.82, 2.24) is 14.5 Å². The minimum Gasteiger partial charge on any atom is -0.368 e. The van der Waals surface area contributed by atoms with Crippen LogP contribution in [-0.2, 0) is 4.79 Å². The number of carbonyl (C=O) groups is 3. The summed E-state index contributed by atoms with van der Waals surface area (Å²) >= 11 is 5.34. The molecule has 2 aromatic carbocycles. The second-order valence-corrected chi connectivity index (χ2v) is 9.01. The Morgan fingerprint density at radius 2 is 1.76 bits per heavy atom. The molecule has 0 saturated carbocycles. The maximum absolute atomic E-state index is 13.0. The number of hydrogen-bond acceptors (Lipinski definition) is 7. The lowest BCUT2D eigenvalue weighted by Gasteiger charge is -2.36. The standard InChI is InChI=1S/C25H25N5O3S/c1-16(31)17-6-8-18(9-7-17)28-12-14-29(15-13-28)22(32)11-10-21-24(33)30-23(26-21)19-4-2-3-5-20(19)27-25(30)34/h2-9,21,26H,10-15H2,1H3/t21-/m0/s1. The summed E-state index contributed by atoms with van der Waals surface area (Å²) in [5, 5.41) is 4.11. The van der Waals surface area contributed by atoms with Gasteiger partial charge in [-0.2, -0.15) is 0 Å². The highest BCUT2D eigenvalue weighted by Crippen LogP contribution is 2.29. The second-order valence-electron chi connectivity index (χ2n) is 8.64. The molecule has 2 aliphatic heterocycles. The van der Waals surface area contributed by atoms with Crippen molar-refractivity contribution in [2.24, 2.45) is 0 Å². The van der Waals surface area contributed by atoms with Crippen LogP contribution in [0.15, 0.2) is 48.5 Å². The van der Waals surface area contributed by atoms with Gasteiger partial charge in [-0.15, -0.1) is 0 Å². The molecule has 1 saturated heterocycles. The normalized spacial score (nSPS) is 17.6. The topological polar surface area (TPSA) is 87.5 Å². The molecular weight excluding hydrogens is 450 g/mol. The third-order valence-corrected chi connectivity index (χ3v) is 6.81. The van der Waals surface area contributed by atoms with E-state index in [1.807, 2.05) is 53.4 Å². The number of Topliss-reactive ketones (excluding diaryl/α,β-unsaturated/α-hetero) is 1. The summed E-state index contributed by atoms with van der Waals surface area (Å²) in [6.45, 7) is 4.26. The molecule has 0 unspecified atom stereocenters. The van der Waals surface area contributed by atoms with Crippen LogP contribution in [0.2, 0.25) is 0 Å². The molecule has 1 fully saturated rings. The van der Waals surface area contributed by atoms with Crippen LogP contribution >= 0.6 is 12.2 Å². The lowest BCUT2D eigenvalue weighted by molar-refractivity contribution is -0.131. The van der Waals surface area contributed by atoms with Gasteiger partial charge in [0, 0.05) is 49.2 Å². The SMILES string of the molecule is CC(=O)c1ccc(N2CCN(C(=O)CC[C@@H]3Nc4c5ccccc5nc(=S)n4C3=O)CC2)cc1. The summed E-state index contributed by atoms with van der Waals surface area (Å²) in [5.41, 5.74) is 2.48. The Morgan fingerprint density at radius 1 is 1.06 bits per heavy atom. The highest BCUT2D eigenvalue weighted by atomic mass is 32.1. The minimum absolute atomic E-state index is 0.0451. The molecule has 3 aromatic rings. The van der Waals surface area contributed by atoms with Crippen molar-refractivity contribution in [3.63, 3.8) is 0 Å². The van der Waals surface area contributed by atoms with E-state index in [1.165, 1.54) is 4.57 Å². The summed E-state index contributed by atoms with van der Waals surface area (Å²) in [7, 11) is 0. The molecule has 2 aliphatic rings. The smallest absolute Gasteiger partial charge is 0.257 e.